The minimum Gasteiger partial charge on any atom is -0.446 e. The molecule has 12 aromatic rings. The third kappa shape index (κ3) is 4.20. The summed E-state index contributed by atoms with van der Waals surface area (Å²) in [6.07, 6.45) is 1.71. The molecule has 7 aromatic carbocycles. The second-order valence-corrected chi connectivity index (χ2v) is 14.8. The number of benzene rings is 7. The summed E-state index contributed by atoms with van der Waals surface area (Å²) in [7, 11) is 0. The van der Waals surface area contributed by atoms with Gasteiger partial charge < -0.3 is 8.98 Å². The molecule has 0 bridgehead atoms. The van der Waals surface area contributed by atoms with Crippen LogP contribution in [0.4, 0.5) is 0 Å². The van der Waals surface area contributed by atoms with Crippen molar-refractivity contribution in [2.45, 2.75) is 0 Å². The topological polar surface area (TPSA) is 48.8 Å². The third-order valence-corrected chi connectivity index (χ3v) is 12.1. The molecule has 0 aliphatic rings. The first-order valence-electron chi connectivity index (χ1n) is 18.1. The molecular formula is C48H28N4OS. The van der Waals surface area contributed by atoms with Gasteiger partial charge in [-0.2, -0.15) is 4.98 Å². The van der Waals surface area contributed by atoms with Gasteiger partial charge in [0.25, 0.3) is 0 Å². The van der Waals surface area contributed by atoms with E-state index in [1.54, 1.807) is 17.6 Å². The van der Waals surface area contributed by atoms with Crippen molar-refractivity contribution in [2.75, 3.05) is 0 Å². The number of para-hydroxylation sites is 3. The highest BCUT2D eigenvalue weighted by Crippen LogP contribution is 2.42. The van der Waals surface area contributed by atoms with Gasteiger partial charge in [-0.1, -0.05) is 103 Å². The monoisotopic (exact) mass is 708 g/mol. The van der Waals surface area contributed by atoms with Crippen molar-refractivity contribution in [1.82, 2.24) is 19.1 Å². The molecule has 5 nitrogen and oxygen atoms in total. The Balaban J connectivity index is 1.06. The Bertz CT molecular complexity index is 3460. The van der Waals surface area contributed by atoms with Crippen molar-refractivity contribution in [3.63, 3.8) is 0 Å². The molecule has 0 atom stereocenters. The Morgan fingerprint density at radius 3 is 1.81 bits per heavy atom. The molecule has 252 valence electrons. The van der Waals surface area contributed by atoms with E-state index in [-0.39, 0.29) is 0 Å². The van der Waals surface area contributed by atoms with Crippen LogP contribution in [0.3, 0.4) is 0 Å². The molecule has 0 fully saturated rings. The van der Waals surface area contributed by atoms with Crippen LogP contribution in [-0.4, -0.2) is 19.1 Å². The van der Waals surface area contributed by atoms with Crippen LogP contribution in [0.2, 0.25) is 0 Å². The van der Waals surface area contributed by atoms with E-state index in [0.717, 1.165) is 49.7 Å². The lowest BCUT2D eigenvalue weighted by Crippen LogP contribution is -2.02. The van der Waals surface area contributed by atoms with Gasteiger partial charge in [0.15, 0.2) is 0 Å². The average molecular weight is 709 g/mol. The SMILES string of the molecule is c1ccc(-n2c3ccccc3c3cc(-c4ccc5c(c4)c4ccccc4n5-c4nc(-c5cccc6c5sc5ccccc56)c5ccoc5n4)ccc32)cc1. The zero-order valence-corrected chi connectivity index (χ0v) is 29.6. The fourth-order valence-electron chi connectivity index (χ4n) is 8.46. The minimum atomic E-state index is 0.568. The smallest absolute Gasteiger partial charge is 0.238 e. The predicted molar refractivity (Wildman–Crippen MR) is 224 cm³/mol. The molecular weight excluding hydrogens is 681 g/mol. The highest BCUT2D eigenvalue weighted by atomic mass is 32.1. The summed E-state index contributed by atoms with van der Waals surface area (Å²) in [5, 5.41) is 8.15. The van der Waals surface area contributed by atoms with Crippen LogP contribution in [0, 0.1) is 0 Å². The second-order valence-electron chi connectivity index (χ2n) is 13.8. The Kier molecular flexibility index (Phi) is 6.15. The van der Waals surface area contributed by atoms with Crippen molar-refractivity contribution in [3.8, 4) is 34.0 Å². The second kappa shape index (κ2) is 11.2. The van der Waals surface area contributed by atoms with Crippen LogP contribution in [0.15, 0.2) is 174 Å². The number of nitrogens with zero attached hydrogens (tertiary/aromatic N) is 4. The summed E-state index contributed by atoms with van der Waals surface area (Å²) < 4.78 is 13.0. The summed E-state index contributed by atoms with van der Waals surface area (Å²) in [5.41, 5.74) is 10.5. The third-order valence-electron chi connectivity index (χ3n) is 10.9. The molecule has 0 saturated heterocycles. The first-order valence-corrected chi connectivity index (χ1v) is 18.9. The number of fused-ring (bicyclic) bond motifs is 10. The molecule has 5 heterocycles. The molecule has 6 heteroatoms. The van der Waals surface area contributed by atoms with Gasteiger partial charge in [0, 0.05) is 53.0 Å². The number of aromatic nitrogens is 4. The maximum absolute atomic E-state index is 6.02. The quantitative estimate of drug-likeness (QED) is 0.183. The molecule has 0 aliphatic heterocycles. The van der Waals surface area contributed by atoms with Crippen molar-refractivity contribution < 1.29 is 4.42 Å². The van der Waals surface area contributed by atoms with E-state index >= 15 is 0 Å². The molecule has 0 unspecified atom stereocenters. The van der Waals surface area contributed by atoms with Gasteiger partial charge in [0.1, 0.15) is 0 Å². The standard InChI is InChI=1S/C48H28N4OS/c1-2-11-31(12-3-1)51-40-18-7-4-13-32(40)38-27-29(21-23-42(38)51)30-22-24-43-39(28-30)33-14-5-8-19-41(33)52(43)48-49-45(37-25-26-53-47(37)50-48)36-17-10-16-35-34-15-6-9-20-44(34)54-46(35)36/h1-28H. The number of hydrogen-bond donors (Lipinski definition) is 0. The van der Waals surface area contributed by atoms with Crippen LogP contribution in [0.5, 0.6) is 0 Å². The molecule has 0 radical (unpaired) electrons. The highest BCUT2D eigenvalue weighted by molar-refractivity contribution is 7.26. The Morgan fingerprint density at radius 2 is 1.06 bits per heavy atom. The Labute approximate surface area is 312 Å². The molecule has 12 rings (SSSR count). The fraction of sp³-hybridized carbons (Fsp3) is 0. The molecule has 0 saturated carbocycles. The van der Waals surface area contributed by atoms with E-state index in [0.29, 0.717) is 11.7 Å². The van der Waals surface area contributed by atoms with Crippen molar-refractivity contribution in [3.05, 3.63) is 170 Å². The van der Waals surface area contributed by atoms with Gasteiger partial charge in [0.2, 0.25) is 11.7 Å². The summed E-state index contributed by atoms with van der Waals surface area (Å²) in [5.74, 6) is 0.583. The Hall–Kier alpha value is -7.02. The van der Waals surface area contributed by atoms with E-state index in [1.807, 2.05) is 6.07 Å². The van der Waals surface area contributed by atoms with Crippen molar-refractivity contribution in [2.24, 2.45) is 0 Å². The summed E-state index contributed by atoms with van der Waals surface area (Å²) in [4.78, 5) is 10.4. The average Bonchev–Trinajstić information content (AvgIpc) is 4.01. The first kappa shape index (κ1) is 29.5. The van der Waals surface area contributed by atoms with Gasteiger partial charge in [-0.15, -0.1) is 11.3 Å². The van der Waals surface area contributed by atoms with Crippen LogP contribution in [-0.2, 0) is 0 Å². The van der Waals surface area contributed by atoms with Gasteiger partial charge in [-0.05, 0) is 71.8 Å². The normalized spacial score (nSPS) is 12.1. The summed E-state index contributed by atoms with van der Waals surface area (Å²) in [6.45, 7) is 0. The van der Waals surface area contributed by atoms with E-state index in [2.05, 4.69) is 167 Å². The molecule has 0 N–H and O–H groups in total. The number of thiophene rings is 1. The van der Waals surface area contributed by atoms with Crippen molar-refractivity contribution >= 4 is 86.2 Å². The largest absolute Gasteiger partial charge is 0.446 e. The zero-order chi connectivity index (χ0) is 35.3. The Morgan fingerprint density at radius 1 is 0.444 bits per heavy atom. The van der Waals surface area contributed by atoms with Gasteiger partial charge in [0.05, 0.1) is 39.4 Å². The van der Waals surface area contributed by atoms with Crippen LogP contribution in [0.25, 0.3) is 109 Å². The minimum absolute atomic E-state index is 0.568. The lowest BCUT2D eigenvalue weighted by Gasteiger charge is -2.10. The maximum Gasteiger partial charge on any atom is 0.238 e. The number of rotatable bonds is 4. The van der Waals surface area contributed by atoms with Gasteiger partial charge in [-0.25, -0.2) is 4.98 Å². The maximum atomic E-state index is 6.02. The van der Waals surface area contributed by atoms with Crippen LogP contribution < -0.4 is 0 Å². The molecule has 0 amide bonds. The van der Waals surface area contributed by atoms with E-state index in [1.165, 1.54) is 47.5 Å². The van der Waals surface area contributed by atoms with Crippen molar-refractivity contribution in [1.29, 1.82) is 0 Å². The highest BCUT2D eigenvalue weighted by Gasteiger charge is 2.21. The molecule has 0 spiro atoms. The number of hydrogen-bond acceptors (Lipinski definition) is 4. The fourth-order valence-corrected chi connectivity index (χ4v) is 9.68. The van der Waals surface area contributed by atoms with E-state index in [4.69, 9.17) is 14.4 Å². The summed E-state index contributed by atoms with van der Waals surface area (Å²) >= 11 is 1.80. The van der Waals surface area contributed by atoms with Gasteiger partial charge in [-0.3, -0.25) is 4.57 Å². The van der Waals surface area contributed by atoms with E-state index in [9.17, 15) is 0 Å². The summed E-state index contributed by atoms with van der Waals surface area (Å²) in [6, 6.07) is 58.5. The van der Waals surface area contributed by atoms with Gasteiger partial charge >= 0.3 is 0 Å². The first-order chi connectivity index (χ1) is 26.8. The number of furan rings is 1. The molecule has 5 aromatic heterocycles. The molecule has 0 aliphatic carbocycles. The van der Waals surface area contributed by atoms with Crippen LogP contribution >= 0.6 is 11.3 Å². The molecule has 54 heavy (non-hydrogen) atoms. The zero-order valence-electron chi connectivity index (χ0n) is 28.8. The lowest BCUT2D eigenvalue weighted by molar-refractivity contribution is 0.601. The predicted octanol–water partition coefficient (Wildman–Crippen LogP) is 13.1. The van der Waals surface area contributed by atoms with Crippen LogP contribution in [0.1, 0.15) is 0 Å². The van der Waals surface area contributed by atoms with E-state index < -0.39 is 0 Å². The lowest BCUT2D eigenvalue weighted by atomic mass is 10.0.